The van der Waals surface area contributed by atoms with Gasteiger partial charge < -0.3 is 9.64 Å². The van der Waals surface area contributed by atoms with Crippen LogP contribution in [0.4, 0.5) is 0 Å². The minimum absolute atomic E-state index is 0.0157. The number of esters is 1. The number of nitrogens with zero attached hydrogens (tertiary/aromatic N) is 4. The predicted molar refractivity (Wildman–Crippen MR) is 88.9 cm³/mol. The SMILES string of the molecule is CN1CC=NN=C1SCC(=O)OCN1C(=O)c2ccccc2C1=O. The van der Waals surface area contributed by atoms with Crippen LogP contribution in [0.5, 0.6) is 0 Å². The standard InChI is InChI=1S/C15H14N4O4S/c1-18-7-6-16-17-15(18)24-8-12(20)23-9-19-13(21)10-4-2-3-5-11(10)14(19)22/h2-6H,7-9H2,1H3. The van der Waals surface area contributed by atoms with Gasteiger partial charge in [0.15, 0.2) is 11.9 Å². The van der Waals surface area contributed by atoms with Crippen LogP contribution in [0.15, 0.2) is 34.5 Å². The first-order valence-electron chi connectivity index (χ1n) is 7.12. The van der Waals surface area contributed by atoms with Crippen molar-refractivity contribution in [3.63, 3.8) is 0 Å². The van der Waals surface area contributed by atoms with E-state index < -0.39 is 24.5 Å². The quantitative estimate of drug-likeness (QED) is 0.592. The zero-order chi connectivity index (χ0) is 17.1. The zero-order valence-electron chi connectivity index (χ0n) is 12.8. The van der Waals surface area contributed by atoms with E-state index in [0.717, 1.165) is 4.90 Å². The molecule has 0 saturated carbocycles. The summed E-state index contributed by atoms with van der Waals surface area (Å²) in [6.45, 7) is 0.224. The molecule has 0 bridgehead atoms. The van der Waals surface area contributed by atoms with Gasteiger partial charge in [0.2, 0.25) is 0 Å². The van der Waals surface area contributed by atoms with E-state index in [2.05, 4.69) is 10.2 Å². The van der Waals surface area contributed by atoms with Crippen LogP contribution in [0.3, 0.4) is 0 Å². The van der Waals surface area contributed by atoms with Gasteiger partial charge in [-0.1, -0.05) is 23.9 Å². The number of hydrogen-bond acceptors (Lipinski definition) is 8. The van der Waals surface area contributed by atoms with Crippen molar-refractivity contribution in [2.75, 3.05) is 26.1 Å². The molecule has 2 amide bonds. The van der Waals surface area contributed by atoms with Crippen molar-refractivity contribution in [2.45, 2.75) is 0 Å². The highest BCUT2D eigenvalue weighted by Crippen LogP contribution is 2.22. The Hall–Kier alpha value is -2.68. The van der Waals surface area contributed by atoms with E-state index in [0.29, 0.717) is 22.8 Å². The van der Waals surface area contributed by atoms with Crippen LogP contribution in [0.1, 0.15) is 20.7 Å². The Labute approximate surface area is 142 Å². The fraction of sp³-hybridized carbons (Fsp3) is 0.267. The van der Waals surface area contributed by atoms with E-state index >= 15 is 0 Å². The highest BCUT2D eigenvalue weighted by atomic mass is 32.2. The first-order valence-corrected chi connectivity index (χ1v) is 8.11. The van der Waals surface area contributed by atoms with Crippen molar-refractivity contribution >= 4 is 40.9 Å². The van der Waals surface area contributed by atoms with Crippen LogP contribution in [-0.4, -0.2) is 65.0 Å². The van der Waals surface area contributed by atoms with Crippen molar-refractivity contribution in [3.05, 3.63) is 35.4 Å². The molecule has 8 nitrogen and oxygen atoms in total. The van der Waals surface area contributed by atoms with E-state index in [1.54, 1.807) is 30.5 Å². The molecule has 0 spiro atoms. The van der Waals surface area contributed by atoms with Crippen LogP contribution in [0, 0.1) is 0 Å². The summed E-state index contributed by atoms with van der Waals surface area (Å²) in [6, 6.07) is 6.51. The van der Waals surface area contributed by atoms with Crippen LogP contribution in [0.2, 0.25) is 0 Å². The van der Waals surface area contributed by atoms with E-state index in [-0.39, 0.29) is 5.75 Å². The summed E-state index contributed by atoms with van der Waals surface area (Å²) in [7, 11) is 1.83. The average molecular weight is 346 g/mol. The van der Waals surface area contributed by atoms with Gasteiger partial charge in [-0.25, -0.2) is 4.90 Å². The number of rotatable bonds is 4. The summed E-state index contributed by atoms with van der Waals surface area (Å²) in [5.74, 6) is -1.44. The van der Waals surface area contributed by atoms with E-state index in [9.17, 15) is 14.4 Å². The van der Waals surface area contributed by atoms with Crippen molar-refractivity contribution in [2.24, 2.45) is 10.2 Å². The Morgan fingerprint density at radius 2 is 1.92 bits per heavy atom. The van der Waals surface area contributed by atoms with Crippen molar-refractivity contribution in [1.82, 2.24) is 9.80 Å². The fourth-order valence-electron chi connectivity index (χ4n) is 2.20. The molecule has 0 aromatic heterocycles. The molecule has 1 aromatic carbocycles. The average Bonchev–Trinajstić information content (AvgIpc) is 2.84. The molecule has 0 N–H and O–H groups in total. The number of hydrogen-bond donors (Lipinski definition) is 0. The van der Waals surface area contributed by atoms with Gasteiger partial charge in [-0.15, -0.1) is 5.10 Å². The smallest absolute Gasteiger partial charge is 0.318 e. The zero-order valence-corrected chi connectivity index (χ0v) is 13.7. The molecule has 0 aliphatic carbocycles. The third-order valence-corrected chi connectivity index (χ3v) is 4.49. The Balaban J connectivity index is 1.52. The Bertz CT molecular complexity index is 727. The number of thioether (sulfide) groups is 1. The lowest BCUT2D eigenvalue weighted by Gasteiger charge is -2.19. The maximum absolute atomic E-state index is 12.1. The number of carbonyl (C=O) groups is 3. The monoisotopic (exact) mass is 346 g/mol. The first-order chi connectivity index (χ1) is 11.6. The summed E-state index contributed by atoms with van der Waals surface area (Å²) in [6.07, 6.45) is 1.66. The third-order valence-electron chi connectivity index (χ3n) is 3.46. The van der Waals surface area contributed by atoms with E-state index in [4.69, 9.17) is 4.74 Å². The normalized spacial score (nSPS) is 16.3. The van der Waals surface area contributed by atoms with Crippen molar-refractivity contribution < 1.29 is 19.1 Å². The summed E-state index contributed by atoms with van der Waals surface area (Å²) >= 11 is 1.18. The molecule has 0 atom stereocenters. The molecule has 24 heavy (non-hydrogen) atoms. The van der Waals surface area contributed by atoms with E-state index in [1.807, 2.05) is 11.9 Å². The molecule has 124 valence electrons. The lowest BCUT2D eigenvalue weighted by atomic mass is 10.1. The molecule has 2 heterocycles. The number of benzene rings is 1. The van der Waals surface area contributed by atoms with Crippen LogP contribution < -0.4 is 0 Å². The molecule has 0 fully saturated rings. The van der Waals surface area contributed by atoms with E-state index in [1.165, 1.54) is 11.8 Å². The van der Waals surface area contributed by atoms with Gasteiger partial charge in [-0.2, -0.15) is 5.10 Å². The summed E-state index contributed by atoms with van der Waals surface area (Å²) < 4.78 is 5.04. The van der Waals surface area contributed by atoms with Gasteiger partial charge in [0.1, 0.15) is 0 Å². The fourth-order valence-corrected chi connectivity index (χ4v) is 2.93. The molecule has 2 aliphatic heterocycles. The highest BCUT2D eigenvalue weighted by Gasteiger charge is 2.35. The maximum atomic E-state index is 12.1. The summed E-state index contributed by atoms with van der Waals surface area (Å²) in [5.41, 5.74) is 0.646. The maximum Gasteiger partial charge on any atom is 0.318 e. The number of amidine groups is 1. The second kappa shape index (κ2) is 6.83. The largest absolute Gasteiger partial charge is 0.443 e. The summed E-state index contributed by atoms with van der Waals surface area (Å²) in [4.78, 5) is 38.9. The Morgan fingerprint density at radius 1 is 1.25 bits per heavy atom. The number of imide groups is 1. The lowest BCUT2D eigenvalue weighted by Crippen LogP contribution is -2.34. The molecule has 1 aromatic rings. The molecular formula is C15H14N4O4S. The van der Waals surface area contributed by atoms with Gasteiger partial charge in [0.05, 0.1) is 23.4 Å². The summed E-state index contributed by atoms with van der Waals surface area (Å²) in [5, 5.41) is 8.32. The van der Waals surface area contributed by atoms with Gasteiger partial charge >= 0.3 is 5.97 Å². The molecule has 9 heteroatoms. The van der Waals surface area contributed by atoms with Gasteiger partial charge in [0, 0.05) is 13.3 Å². The third kappa shape index (κ3) is 3.16. The first kappa shape index (κ1) is 16.2. The van der Waals surface area contributed by atoms with Gasteiger partial charge in [0.25, 0.3) is 11.8 Å². The van der Waals surface area contributed by atoms with Gasteiger partial charge in [-0.3, -0.25) is 14.4 Å². The molecule has 0 unspecified atom stereocenters. The molecule has 3 rings (SSSR count). The highest BCUT2D eigenvalue weighted by molar-refractivity contribution is 8.14. The Kier molecular flexibility index (Phi) is 4.61. The second-order valence-corrected chi connectivity index (χ2v) is 6.02. The van der Waals surface area contributed by atoms with Crippen LogP contribution in [0.25, 0.3) is 0 Å². The second-order valence-electron chi connectivity index (χ2n) is 5.08. The van der Waals surface area contributed by atoms with Crippen LogP contribution in [-0.2, 0) is 9.53 Å². The predicted octanol–water partition coefficient (Wildman–Crippen LogP) is 0.804. The number of amides is 2. The number of ether oxygens (including phenoxy) is 1. The minimum Gasteiger partial charge on any atom is -0.443 e. The van der Waals surface area contributed by atoms with Crippen LogP contribution >= 0.6 is 11.8 Å². The van der Waals surface area contributed by atoms with Crippen molar-refractivity contribution in [3.8, 4) is 0 Å². The molecule has 0 radical (unpaired) electrons. The number of fused-ring (bicyclic) bond motifs is 1. The topological polar surface area (TPSA) is 91.6 Å². The minimum atomic E-state index is -0.540. The Morgan fingerprint density at radius 3 is 2.54 bits per heavy atom. The molecule has 2 aliphatic rings. The van der Waals surface area contributed by atoms with Crippen molar-refractivity contribution in [1.29, 1.82) is 0 Å². The lowest BCUT2D eigenvalue weighted by molar-refractivity contribution is -0.142. The van der Waals surface area contributed by atoms with Gasteiger partial charge in [-0.05, 0) is 12.1 Å². The molecular weight excluding hydrogens is 332 g/mol. The number of carbonyl (C=O) groups excluding carboxylic acids is 3. The molecule has 0 saturated heterocycles.